The highest BCUT2D eigenvalue weighted by Crippen LogP contribution is 2.27. The quantitative estimate of drug-likeness (QED) is 0.788. The van der Waals surface area contributed by atoms with E-state index in [0.29, 0.717) is 6.42 Å². The monoisotopic (exact) mass is 228 g/mol. The Labute approximate surface area is 99.2 Å². The van der Waals surface area contributed by atoms with Crippen LogP contribution in [0.2, 0.25) is 0 Å². The molecule has 0 saturated heterocycles. The summed E-state index contributed by atoms with van der Waals surface area (Å²) in [7, 11) is 0. The van der Waals surface area contributed by atoms with Crippen molar-refractivity contribution in [2.24, 2.45) is 0 Å². The lowest BCUT2D eigenvalue weighted by Crippen LogP contribution is -1.86. The van der Waals surface area contributed by atoms with Gasteiger partial charge in [0, 0.05) is 10.9 Å². The lowest BCUT2D eigenvalue weighted by Gasteiger charge is -2.03. The van der Waals surface area contributed by atoms with Gasteiger partial charge in [0.1, 0.15) is 5.01 Å². The molecule has 0 fully saturated rings. The molecule has 0 radical (unpaired) electrons. The number of hydrogen-bond acceptors (Lipinski definition) is 3. The van der Waals surface area contributed by atoms with Gasteiger partial charge in [-0.15, -0.1) is 11.3 Å². The average Bonchev–Trinajstić information content (AvgIpc) is 2.71. The van der Waals surface area contributed by atoms with Gasteiger partial charge in [0.15, 0.2) is 0 Å². The van der Waals surface area contributed by atoms with Gasteiger partial charge in [-0.2, -0.15) is 5.26 Å². The molecular formula is C13H12N2S. The van der Waals surface area contributed by atoms with Crippen LogP contribution in [0.3, 0.4) is 0 Å². The second-order valence-corrected chi connectivity index (χ2v) is 4.66. The van der Waals surface area contributed by atoms with Crippen LogP contribution in [0.5, 0.6) is 0 Å². The number of nitrogens with zero attached hydrogens (tertiary/aromatic N) is 2. The number of benzene rings is 1. The minimum absolute atomic E-state index is 0.390. The first-order valence-corrected chi connectivity index (χ1v) is 5.97. The number of thiazole rings is 1. The Morgan fingerprint density at radius 2 is 2.19 bits per heavy atom. The SMILES string of the molecule is Cc1ccc(C)c(-c2nc(CC#N)cs2)c1. The van der Waals surface area contributed by atoms with Crippen LogP contribution in [0, 0.1) is 25.2 Å². The van der Waals surface area contributed by atoms with Gasteiger partial charge in [0.05, 0.1) is 18.2 Å². The second-order valence-electron chi connectivity index (χ2n) is 3.80. The molecule has 0 saturated carbocycles. The van der Waals surface area contributed by atoms with E-state index >= 15 is 0 Å². The molecule has 0 N–H and O–H groups in total. The summed E-state index contributed by atoms with van der Waals surface area (Å²) in [5, 5.41) is 11.6. The van der Waals surface area contributed by atoms with Crippen LogP contribution < -0.4 is 0 Å². The molecule has 0 atom stereocenters. The van der Waals surface area contributed by atoms with Crippen molar-refractivity contribution in [1.82, 2.24) is 4.98 Å². The molecular weight excluding hydrogens is 216 g/mol. The lowest BCUT2D eigenvalue weighted by atomic mass is 10.1. The van der Waals surface area contributed by atoms with E-state index in [0.717, 1.165) is 10.7 Å². The zero-order valence-electron chi connectivity index (χ0n) is 9.32. The molecule has 0 amide bonds. The second kappa shape index (κ2) is 4.46. The predicted octanol–water partition coefficient (Wildman–Crippen LogP) is 3.49. The summed E-state index contributed by atoms with van der Waals surface area (Å²) >= 11 is 1.60. The van der Waals surface area contributed by atoms with Crippen molar-refractivity contribution in [3.63, 3.8) is 0 Å². The van der Waals surface area contributed by atoms with Crippen molar-refractivity contribution < 1.29 is 0 Å². The normalized spacial score (nSPS) is 10.1. The summed E-state index contributed by atoms with van der Waals surface area (Å²) in [6.45, 7) is 4.16. The zero-order chi connectivity index (χ0) is 11.5. The van der Waals surface area contributed by atoms with Crippen LogP contribution in [-0.4, -0.2) is 4.98 Å². The fourth-order valence-electron chi connectivity index (χ4n) is 1.56. The Bertz CT molecular complexity index is 549. The first-order valence-electron chi connectivity index (χ1n) is 5.09. The summed E-state index contributed by atoms with van der Waals surface area (Å²) in [6, 6.07) is 8.47. The van der Waals surface area contributed by atoms with E-state index in [-0.39, 0.29) is 0 Å². The minimum Gasteiger partial charge on any atom is -0.240 e. The smallest absolute Gasteiger partial charge is 0.123 e. The summed E-state index contributed by atoms with van der Waals surface area (Å²) in [5.41, 5.74) is 4.50. The number of hydrogen-bond donors (Lipinski definition) is 0. The molecule has 0 aliphatic carbocycles. The largest absolute Gasteiger partial charge is 0.240 e. The maximum atomic E-state index is 8.61. The Morgan fingerprint density at radius 3 is 2.94 bits per heavy atom. The van der Waals surface area contributed by atoms with Gasteiger partial charge in [-0.3, -0.25) is 0 Å². The van der Waals surface area contributed by atoms with Gasteiger partial charge in [-0.25, -0.2) is 4.98 Å². The van der Waals surface area contributed by atoms with Crippen molar-refractivity contribution in [3.05, 3.63) is 40.4 Å². The van der Waals surface area contributed by atoms with E-state index in [1.54, 1.807) is 11.3 Å². The van der Waals surface area contributed by atoms with E-state index in [2.05, 4.69) is 43.1 Å². The molecule has 2 rings (SSSR count). The number of nitriles is 1. The van der Waals surface area contributed by atoms with E-state index in [9.17, 15) is 0 Å². The summed E-state index contributed by atoms with van der Waals surface area (Å²) < 4.78 is 0. The molecule has 16 heavy (non-hydrogen) atoms. The van der Waals surface area contributed by atoms with E-state index in [1.807, 2.05) is 5.38 Å². The van der Waals surface area contributed by atoms with Crippen molar-refractivity contribution in [3.8, 4) is 16.6 Å². The van der Waals surface area contributed by atoms with E-state index < -0.39 is 0 Å². The molecule has 0 bridgehead atoms. The molecule has 2 aromatic rings. The van der Waals surface area contributed by atoms with Crippen LogP contribution in [0.15, 0.2) is 23.6 Å². The third-order valence-corrected chi connectivity index (χ3v) is 3.36. The highest BCUT2D eigenvalue weighted by atomic mass is 32.1. The van der Waals surface area contributed by atoms with Crippen molar-refractivity contribution >= 4 is 11.3 Å². The van der Waals surface area contributed by atoms with Gasteiger partial charge in [0.25, 0.3) is 0 Å². The van der Waals surface area contributed by atoms with Crippen molar-refractivity contribution in [2.45, 2.75) is 20.3 Å². The molecule has 2 nitrogen and oxygen atoms in total. The molecule has 80 valence electrons. The summed E-state index contributed by atoms with van der Waals surface area (Å²) in [4.78, 5) is 4.47. The molecule has 0 unspecified atom stereocenters. The third kappa shape index (κ3) is 2.12. The standard InChI is InChI=1S/C13H12N2S/c1-9-3-4-10(2)12(7-9)13-15-11(5-6-14)8-16-13/h3-4,7-8H,5H2,1-2H3. The van der Waals surface area contributed by atoms with Crippen LogP contribution in [0.1, 0.15) is 16.8 Å². The van der Waals surface area contributed by atoms with Crippen molar-refractivity contribution in [1.29, 1.82) is 5.26 Å². The number of aryl methyl sites for hydroxylation is 2. The Balaban J connectivity index is 2.42. The van der Waals surface area contributed by atoms with Crippen LogP contribution in [0.4, 0.5) is 0 Å². The van der Waals surface area contributed by atoms with Crippen LogP contribution in [-0.2, 0) is 6.42 Å². The average molecular weight is 228 g/mol. The summed E-state index contributed by atoms with van der Waals surface area (Å²) in [5.74, 6) is 0. The fraction of sp³-hybridized carbons (Fsp3) is 0.231. The molecule has 0 aliphatic rings. The maximum absolute atomic E-state index is 8.61. The first-order chi connectivity index (χ1) is 7.70. The maximum Gasteiger partial charge on any atom is 0.123 e. The Morgan fingerprint density at radius 1 is 1.38 bits per heavy atom. The summed E-state index contributed by atoms with van der Waals surface area (Å²) in [6.07, 6.45) is 0.390. The van der Waals surface area contributed by atoms with Gasteiger partial charge in [0.2, 0.25) is 0 Å². The molecule has 1 aromatic heterocycles. The molecule has 0 aliphatic heterocycles. The minimum atomic E-state index is 0.390. The Kier molecular flexibility index (Phi) is 3.02. The van der Waals surface area contributed by atoms with Crippen LogP contribution in [0.25, 0.3) is 10.6 Å². The highest BCUT2D eigenvalue weighted by Gasteiger charge is 2.07. The zero-order valence-corrected chi connectivity index (χ0v) is 10.1. The fourth-order valence-corrected chi connectivity index (χ4v) is 2.46. The van der Waals surface area contributed by atoms with Crippen LogP contribution >= 0.6 is 11.3 Å². The number of rotatable bonds is 2. The van der Waals surface area contributed by atoms with Gasteiger partial charge in [-0.1, -0.05) is 17.7 Å². The third-order valence-electron chi connectivity index (χ3n) is 2.44. The van der Waals surface area contributed by atoms with E-state index in [4.69, 9.17) is 5.26 Å². The molecule has 0 spiro atoms. The number of aromatic nitrogens is 1. The first kappa shape index (κ1) is 10.8. The highest BCUT2D eigenvalue weighted by molar-refractivity contribution is 7.13. The molecule has 1 heterocycles. The molecule has 3 heteroatoms. The molecule has 1 aromatic carbocycles. The topological polar surface area (TPSA) is 36.7 Å². The predicted molar refractivity (Wildman–Crippen MR) is 66.3 cm³/mol. The van der Waals surface area contributed by atoms with Gasteiger partial charge >= 0.3 is 0 Å². The Hall–Kier alpha value is -1.66. The lowest BCUT2D eigenvalue weighted by molar-refractivity contribution is 1.16. The van der Waals surface area contributed by atoms with Gasteiger partial charge in [-0.05, 0) is 25.5 Å². The van der Waals surface area contributed by atoms with Gasteiger partial charge < -0.3 is 0 Å². The van der Waals surface area contributed by atoms with E-state index in [1.165, 1.54) is 16.7 Å². The van der Waals surface area contributed by atoms with Crippen molar-refractivity contribution in [2.75, 3.05) is 0 Å².